The van der Waals surface area contributed by atoms with Crippen molar-refractivity contribution < 1.29 is 23.8 Å². The van der Waals surface area contributed by atoms with Gasteiger partial charge in [-0.25, -0.2) is 9.78 Å². The first-order chi connectivity index (χ1) is 17.3. The molecule has 2 heterocycles. The Bertz CT molecular complexity index is 1410. The number of methoxy groups -OCH3 is 1. The quantitative estimate of drug-likeness (QED) is 0.361. The zero-order valence-electron chi connectivity index (χ0n) is 20.9. The Balaban J connectivity index is 1.69. The summed E-state index contributed by atoms with van der Waals surface area (Å²) in [6, 6.07) is 14.7. The molecule has 2 aromatic heterocycles. The topological polar surface area (TPSA) is 105 Å². The van der Waals surface area contributed by atoms with Crippen molar-refractivity contribution >= 4 is 28.6 Å². The van der Waals surface area contributed by atoms with Crippen LogP contribution in [-0.4, -0.2) is 46.5 Å². The first-order valence-corrected chi connectivity index (χ1v) is 11.6. The van der Waals surface area contributed by atoms with Gasteiger partial charge in [0.05, 0.1) is 25.4 Å². The van der Waals surface area contributed by atoms with Crippen molar-refractivity contribution in [1.29, 1.82) is 0 Å². The first-order valence-electron chi connectivity index (χ1n) is 11.6. The molecule has 2 aromatic carbocycles. The van der Waals surface area contributed by atoms with Gasteiger partial charge in [0, 0.05) is 5.39 Å². The van der Waals surface area contributed by atoms with Gasteiger partial charge < -0.3 is 19.5 Å². The number of nitrogens with one attached hydrogen (secondary N) is 1. The lowest BCUT2D eigenvalue weighted by atomic mass is 10.1. The molecule has 0 fully saturated rings. The smallest absolute Gasteiger partial charge is 0.343 e. The Morgan fingerprint density at radius 3 is 2.47 bits per heavy atom. The van der Waals surface area contributed by atoms with Crippen LogP contribution < -0.4 is 14.8 Å². The predicted octanol–water partition coefficient (Wildman–Crippen LogP) is 4.63. The molecule has 4 aromatic rings. The number of ether oxygens (including phenoxy) is 3. The van der Waals surface area contributed by atoms with Crippen LogP contribution in [0.1, 0.15) is 35.3 Å². The Morgan fingerprint density at radius 2 is 1.78 bits per heavy atom. The maximum absolute atomic E-state index is 13.1. The van der Waals surface area contributed by atoms with Crippen LogP contribution in [0.5, 0.6) is 11.5 Å². The number of esters is 1. The van der Waals surface area contributed by atoms with E-state index in [2.05, 4.69) is 10.4 Å². The van der Waals surface area contributed by atoms with Crippen molar-refractivity contribution in [3.8, 4) is 17.3 Å². The Kier molecular flexibility index (Phi) is 7.19. The number of amides is 1. The van der Waals surface area contributed by atoms with Crippen LogP contribution >= 0.6 is 0 Å². The highest BCUT2D eigenvalue weighted by Gasteiger charge is 2.25. The first kappa shape index (κ1) is 24.7. The van der Waals surface area contributed by atoms with Gasteiger partial charge in [0.25, 0.3) is 5.91 Å². The molecule has 0 aliphatic rings. The molecule has 0 spiro atoms. The van der Waals surface area contributed by atoms with E-state index in [1.54, 1.807) is 45.2 Å². The fourth-order valence-electron chi connectivity index (χ4n) is 3.78. The molecule has 4 rings (SSSR count). The summed E-state index contributed by atoms with van der Waals surface area (Å²) >= 11 is 0. The van der Waals surface area contributed by atoms with Crippen LogP contribution in [-0.2, 0) is 9.53 Å². The molecule has 186 valence electrons. The monoisotopic (exact) mass is 488 g/mol. The standard InChI is InChI=1S/C27H28N4O5/c1-6-35-27(33)22-15-28-31(23-14-17(3)21-9-7-8-16(2)24(21)29-23)25(22)30-26(32)18(4)36-20-12-10-19(34-5)11-13-20/h7-15,18H,6H2,1-5H3,(H,30,32). The zero-order valence-corrected chi connectivity index (χ0v) is 20.9. The lowest BCUT2D eigenvalue weighted by molar-refractivity contribution is -0.122. The molecule has 0 aliphatic carbocycles. The van der Waals surface area contributed by atoms with Crippen LogP contribution in [0.3, 0.4) is 0 Å². The van der Waals surface area contributed by atoms with Crippen molar-refractivity contribution in [3.63, 3.8) is 0 Å². The van der Waals surface area contributed by atoms with Gasteiger partial charge in [-0.1, -0.05) is 18.2 Å². The molecule has 0 aliphatic heterocycles. The maximum atomic E-state index is 13.1. The zero-order chi connectivity index (χ0) is 25.8. The van der Waals surface area contributed by atoms with Gasteiger partial charge in [0.2, 0.25) is 0 Å². The number of hydrogen-bond acceptors (Lipinski definition) is 7. The van der Waals surface area contributed by atoms with E-state index in [9.17, 15) is 9.59 Å². The summed E-state index contributed by atoms with van der Waals surface area (Å²) in [4.78, 5) is 30.5. The van der Waals surface area contributed by atoms with Crippen molar-refractivity contribution in [3.05, 3.63) is 71.4 Å². The summed E-state index contributed by atoms with van der Waals surface area (Å²) in [6.07, 6.45) is 0.493. The molecule has 1 atom stereocenters. The van der Waals surface area contributed by atoms with Crippen molar-refractivity contribution in [2.75, 3.05) is 19.0 Å². The second-order valence-electron chi connectivity index (χ2n) is 8.23. The highest BCUT2D eigenvalue weighted by molar-refractivity contribution is 6.01. The molecule has 1 N–H and O–H groups in total. The largest absolute Gasteiger partial charge is 0.497 e. The average Bonchev–Trinajstić information content (AvgIpc) is 3.28. The van der Waals surface area contributed by atoms with Gasteiger partial charge in [-0.15, -0.1) is 0 Å². The van der Waals surface area contributed by atoms with Crippen molar-refractivity contribution in [2.24, 2.45) is 0 Å². The van der Waals surface area contributed by atoms with Gasteiger partial charge in [-0.2, -0.15) is 9.78 Å². The average molecular weight is 489 g/mol. The highest BCUT2D eigenvalue weighted by atomic mass is 16.5. The summed E-state index contributed by atoms with van der Waals surface area (Å²) in [5, 5.41) is 8.18. The number of nitrogens with zero attached hydrogens (tertiary/aromatic N) is 3. The molecular weight excluding hydrogens is 460 g/mol. The van der Waals surface area contributed by atoms with Gasteiger partial charge in [0.1, 0.15) is 17.1 Å². The van der Waals surface area contributed by atoms with E-state index in [1.807, 2.05) is 38.1 Å². The molecule has 0 radical (unpaired) electrons. The van der Waals surface area contributed by atoms with E-state index in [-0.39, 0.29) is 18.0 Å². The summed E-state index contributed by atoms with van der Waals surface area (Å²) in [6.45, 7) is 7.47. The number of para-hydroxylation sites is 1. The third kappa shape index (κ3) is 5.00. The normalized spacial score (nSPS) is 11.7. The summed E-state index contributed by atoms with van der Waals surface area (Å²) < 4.78 is 17.5. The Hall–Kier alpha value is -4.40. The second-order valence-corrected chi connectivity index (χ2v) is 8.23. The number of aromatic nitrogens is 3. The molecular formula is C27H28N4O5. The predicted molar refractivity (Wildman–Crippen MR) is 136 cm³/mol. The SMILES string of the molecule is CCOC(=O)c1cnn(-c2cc(C)c3cccc(C)c3n2)c1NC(=O)C(C)Oc1ccc(OC)cc1. The Morgan fingerprint density at radius 1 is 1.06 bits per heavy atom. The number of pyridine rings is 1. The molecule has 0 saturated carbocycles. The summed E-state index contributed by atoms with van der Waals surface area (Å²) in [5.41, 5.74) is 2.92. The van der Waals surface area contributed by atoms with E-state index < -0.39 is 18.0 Å². The third-order valence-electron chi connectivity index (χ3n) is 5.70. The van der Waals surface area contributed by atoms with Crippen LogP contribution in [0.2, 0.25) is 0 Å². The molecule has 1 amide bonds. The van der Waals surface area contributed by atoms with Crippen LogP contribution in [0.4, 0.5) is 5.82 Å². The van der Waals surface area contributed by atoms with E-state index in [1.165, 1.54) is 10.9 Å². The van der Waals surface area contributed by atoms with Crippen molar-refractivity contribution in [2.45, 2.75) is 33.8 Å². The Labute approximate surface area is 209 Å². The van der Waals surface area contributed by atoms with E-state index in [4.69, 9.17) is 19.2 Å². The van der Waals surface area contributed by atoms with Gasteiger partial charge >= 0.3 is 5.97 Å². The minimum atomic E-state index is -0.870. The maximum Gasteiger partial charge on any atom is 0.343 e. The minimum Gasteiger partial charge on any atom is -0.497 e. The highest BCUT2D eigenvalue weighted by Crippen LogP contribution is 2.26. The number of hydrogen-bond donors (Lipinski definition) is 1. The van der Waals surface area contributed by atoms with Crippen molar-refractivity contribution in [1.82, 2.24) is 14.8 Å². The number of carbonyl (C=O) groups is 2. The molecule has 36 heavy (non-hydrogen) atoms. The van der Waals surface area contributed by atoms with E-state index in [0.717, 1.165) is 22.0 Å². The molecule has 9 heteroatoms. The molecule has 9 nitrogen and oxygen atoms in total. The lowest BCUT2D eigenvalue weighted by Crippen LogP contribution is -2.31. The van der Waals surface area contributed by atoms with Crippen LogP contribution in [0, 0.1) is 13.8 Å². The molecule has 0 saturated heterocycles. The summed E-state index contributed by atoms with van der Waals surface area (Å²) in [7, 11) is 1.57. The van der Waals surface area contributed by atoms with Gasteiger partial charge in [-0.05, 0) is 69.2 Å². The number of carbonyl (C=O) groups excluding carboxylic acids is 2. The third-order valence-corrected chi connectivity index (χ3v) is 5.70. The van der Waals surface area contributed by atoms with Crippen LogP contribution in [0.15, 0.2) is 54.7 Å². The van der Waals surface area contributed by atoms with Gasteiger partial charge in [0.15, 0.2) is 17.7 Å². The number of benzene rings is 2. The molecule has 1 unspecified atom stereocenters. The van der Waals surface area contributed by atoms with Crippen LogP contribution in [0.25, 0.3) is 16.7 Å². The number of rotatable bonds is 8. The lowest BCUT2D eigenvalue weighted by Gasteiger charge is -2.17. The minimum absolute atomic E-state index is 0.117. The van der Waals surface area contributed by atoms with Gasteiger partial charge in [-0.3, -0.25) is 4.79 Å². The van der Waals surface area contributed by atoms with E-state index in [0.29, 0.717) is 17.3 Å². The fraction of sp³-hybridized carbons (Fsp3) is 0.259. The number of aryl methyl sites for hydroxylation is 2. The van der Waals surface area contributed by atoms with E-state index >= 15 is 0 Å². The number of anilines is 1. The summed E-state index contributed by atoms with van der Waals surface area (Å²) in [5.74, 6) is 0.728. The molecule has 0 bridgehead atoms. The fourth-order valence-corrected chi connectivity index (χ4v) is 3.78. The second kappa shape index (κ2) is 10.5. The number of fused-ring (bicyclic) bond motifs is 1.